The van der Waals surface area contributed by atoms with Crippen LogP contribution >= 0.6 is 23.2 Å². The molecular formula is C45H70Cl2F3N7O7. The molecule has 14 nitrogen and oxygen atoms in total. The van der Waals surface area contributed by atoms with Gasteiger partial charge in [-0.2, -0.15) is 13.2 Å². The lowest BCUT2D eigenvalue weighted by Crippen LogP contribution is -2.62. The van der Waals surface area contributed by atoms with E-state index in [-0.39, 0.29) is 57.2 Å². The maximum atomic E-state index is 14.1. The van der Waals surface area contributed by atoms with Crippen LogP contribution in [0.1, 0.15) is 125 Å². The standard InChI is InChI=1S/C30H44Cl2N6O6.C13H20F3NO.C2H6/c1-18(2)13-22-28(43)38(6)24(15-19-14-20(31)10-11-21(19)32)27(42)36-30(3,4)29(44)34-12-8-7-9-23(26(41)35-22)37(5)25(40)16-33-17-39;1-10-6-5-9-17(10)11(18)12(13(14,15)16)7-3-2-4-8-12;1-2/h10-11,14,17-18,22-24H,7-9,12-13,15-16H2,1-6H3,(H,33,39)(H,34,44)(H,35,41)(H,36,42);10H,2-9H2,1H3;1-2H3/t22-,23?,24-;;/m0../s1. The summed E-state index contributed by atoms with van der Waals surface area (Å²) in [5.41, 5.74) is -2.89. The van der Waals surface area contributed by atoms with Crippen LogP contribution in [0.15, 0.2) is 18.2 Å². The van der Waals surface area contributed by atoms with E-state index < -0.39 is 70.7 Å². The van der Waals surface area contributed by atoms with Crippen molar-refractivity contribution in [2.75, 3.05) is 33.7 Å². The van der Waals surface area contributed by atoms with Crippen LogP contribution in [-0.4, -0.2) is 126 Å². The Labute approximate surface area is 386 Å². The lowest BCUT2D eigenvalue weighted by atomic mass is 9.72. The quantitative estimate of drug-likeness (QED) is 0.213. The van der Waals surface area contributed by atoms with E-state index in [9.17, 15) is 46.7 Å². The fraction of sp³-hybridized carbons (Fsp3) is 0.711. The zero-order valence-corrected chi connectivity index (χ0v) is 40.4. The third-order valence-electron chi connectivity index (χ3n) is 12.0. The molecule has 19 heteroatoms. The maximum absolute atomic E-state index is 14.1. The molecule has 362 valence electrons. The fourth-order valence-corrected chi connectivity index (χ4v) is 8.61. The highest BCUT2D eigenvalue weighted by atomic mass is 35.5. The highest BCUT2D eigenvalue weighted by molar-refractivity contribution is 6.33. The smallest absolute Gasteiger partial charge is 0.354 e. The Kier molecular flexibility index (Phi) is 22.4. The summed E-state index contributed by atoms with van der Waals surface area (Å²) in [6.07, 6.45) is 0.830. The molecule has 2 saturated heterocycles. The predicted octanol–water partition coefficient (Wildman–Crippen LogP) is 6.20. The number of halogens is 5. The maximum Gasteiger partial charge on any atom is 0.403 e. The predicted molar refractivity (Wildman–Crippen MR) is 241 cm³/mol. The van der Waals surface area contributed by atoms with E-state index in [4.69, 9.17) is 23.2 Å². The topological polar surface area (TPSA) is 177 Å². The van der Waals surface area contributed by atoms with Crippen LogP contribution in [0.2, 0.25) is 10.0 Å². The zero-order valence-electron chi connectivity index (χ0n) is 38.9. The Morgan fingerprint density at radius 2 is 1.62 bits per heavy atom. The van der Waals surface area contributed by atoms with Gasteiger partial charge in [0.1, 0.15) is 29.1 Å². The summed E-state index contributed by atoms with van der Waals surface area (Å²) in [6, 6.07) is 1.66. The lowest BCUT2D eigenvalue weighted by molar-refractivity contribution is -0.235. The number of carbonyl (C=O) groups is 7. The molecule has 2 unspecified atom stereocenters. The van der Waals surface area contributed by atoms with Crippen molar-refractivity contribution in [3.8, 4) is 0 Å². The molecule has 7 amide bonds. The Morgan fingerprint density at radius 1 is 0.984 bits per heavy atom. The summed E-state index contributed by atoms with van der Waals surface area (Å²) in [6.45, 7) is 13.2. The summed E-state index contributed by atoms with van der Waals surface area (Å²) >= 11 is 12.6. The molecule has 64 heavy (non-hydrogen) atoms. The first-order valence-electron chi connectivity index (χ1n) is 22.4. The van der Waals surface area contributed by atoms with E-state index in [2.05, 4.69) is 21.3 Å². The molecule has 0 bridgehead atoms. The number of hydrogen-bond acceptors (Lipinski definition) is 7. The second-order valence-electron chi connectivity index (χ2n) is 17.6. The van der Waals surface area contributed by atoms with Crippen molar-refractivity contribution in [1.29, 1.82) is 0 Å². The summed E-state index contributed by atoms with van der Waals surface area (Å²) in [5.74, 6) is -3.27. The second kappa shape index (κ2) is 25.5. The van der Waals surface area contributed by atoms with Crippen molar-refractivity contribution in [3.05, 3.63) is 33.8 Å². The first-order chi connectivity index (χ1) is 30.0. The number of benzene rings is 1. The number of alkyl halides is 3. The van der Waals surface area contributed by atoms with Crippen LogP contribution < -0.4 is 21.3 Å². The molecule has 1 saturated carbocycles. The van der Waals surface area contributed by atoms with Crippen LogP contribution in [0, 0.1) is 11.3 Å². The van der Waals surface area contributed by atoms with Crippen LogP contribution in [0.3, 0.4) is 0 Å². The average Bonchev–Trinajstić information content (AvgIpc) is 3.68. The molecule has 2 heterocycles. The minimum atomic E-state index is -4.41. The number of amides is 7. The van der Waals surface area contributed by atoms with Gasteiger partial charge in [0.05, 0.1) is 6.54 Å². The number of likely N-dealkylation sites (tertiary alicyclic amines) is 1. The number of nitrogens with one attached hydrogen (secondary N) is 4. The molecule has 3 aliphatic rings. The zero-order chi connectivity index (χ0) is 48.6. The molecule has 0 radical (unpaired) electrons. The first kappa shape index (κ1) is 56.0. The molecule has 1 aromatic carbocycles. The number of rotatable bonds is 9. The van der Waals surface area contributed by atoms with Crippen LogP contribution in [0.5, 0.6) is 0 Å². The van der Waals surface area contributed by atoms with Gasteiger partial charge < -0.3 is 36.0 Å². The van der Waals surface area contributed by atoms with Crippen LogP contribution in [0.25, 0.3) is 0 Å². The monoisotopic (exact) mass is 947 g/mol. The molecule has 3 fully saturated rings. The van der Waals surface area contributed by atoms with Gasteiger partial charge in [-0.3, -0.25) is 33.6 Å². The normalized spacial score (nSPS) is 23.3. The average molecular weight is 949 g/mol. The van der Waals surface area contributed by atoms with Crippen molar-refractivity contribution in [3.63, 3.8) is 0 Å². The molecule has 4 atom stereocenters. The molecule has 0 spiro atoms. The van der Waals surface area contributed by atoms with E-state index >= 15 is 0 Å². The van der Waals surface area contributed by atoms with Gasteiger partial charge in [0, 0.05) is 49.7 Å². The highest BCUT2D eigenvalue weighted by Gasteiger charge is 2.61. The van der Waals surface area contributed by atoms with Crippen molar-refractivity contribution in [2.45, 2.75) is 161 Å². The van der Waals surface area contributed by atoms with Crippen molar-refractivity contribution in [2.24, 2.45) is 11.3 Å². The number of carbonyl (C=O) groups excluding carboxylic acids is 7. The third kappa shape index (κ3) is 15.2. The van der Waals surface area contributed by atoms with Gasteiger partial charge in [-0.15, -0.1) is 0 Å². The van der Waals surface area contributed by atoms with Gasteiger partial charge in [0.15, 0.2) is 0 Å². The van der Waals surface area contributed by atoms with E-state index in [1.165, 1.54) is 28.8 Å². The first-order valence-corrected chi connectivity index (χ1v) is 23.1. The number of likely N-dealkylation sites (N-methyl/N-ethyl adjacent to an activating group) is 2. The van der Waals surface area contributed by atoms with Crippen molar-refractivity contribution < 1.29 is 46.7 Å². The Hall–Kier alpha value is -4.12. The second-order valence-corrected chi connectivity index (χ2v) is 18.5. The van der Waals surface area contributed by atoms with Gasteiger partial charge in [-0.05, 0) is 102 Å². The SMILES string of the molecule is CC.CC(C)C[C@@H]1NC(=O)C(N(C)C(=O)CNC=O)CCCCNC(=O)C(C)(C)NC(=O)[C@H](Cc2cc(Cl)ccc2Cl)N(C)C1=O.CC1CCCN1C(=O)C1(C(F)(F)F)CCCCC1. The van der Waals surface area contributed by atoms with Crippen molar-refractivity contribution in [1.82, 2.24) is 36.0 Å². The van der Waals surface area contributed by atoms with Crippen molar-refractivity contribution >= 4 is 65.1 Å². The van der Waals surface area contributed by atoms with E-state index in [0.717, 1.165) is 19.3 Å². The van der Waals surface area contributed by atoms with Crippen LogP contribution in [0.4, 0.5) is 13.2 Å². The molecule has 1 aliphatic carbocycles. The molecular weight excluding hydrogens is 878 g/mol. The summed E-state index contributed by atoms with van der Waals surface area (Å²) < 4.78 is 40.1. The lowest BCUT2D eigenvalue weighted by Gasteiger charge is -2.41. The Bertz CT molecular complexity index is 1760. The molecule has 4 rings (SSSR count). The largest absolute Gasteiger partial charge is 0.403 e. The van der Waals surface area contributed by atoms with Gasteiger partial charge in [-0.1, -0.05) is 70.2 Å². The fourth-order valence-electron chi connectivity index (χ4n) is 8.22. The highest BCUT2D eigenvalue weighted by Crippen LogP contribution is 2.50. The molecule has 1 aromatic rings. The minimum absolute atomic E-state index is 0.0168. The summed E-state index contributed by atoms with van der Waals surface area (Å²) in [4.78, 5) is 94.4. The van der Waals surface area contributed by atoms with Gasteiger partial charge in [0.2, 0.25) is 41.9 Å². The van der Waals surface area contributed by atoms with E-state index in [0.29, 0.717) is 54.2 Å². The Balaban J connectivity index is 0.000000580. The molecule has 2 aliphatic heterocycles. The number of nitrogens with zero attached hydrogens (tertiary/aromatic N) is 3. The summed E-state index contributed by atoms with van der Waals surface area (Å²) in [7, 11) is 2.92. The van der Waals surface area contributed by atoms with Gasteiger partial charge in [-0.25, -0.2) is 0 Å². The van der Waals surface area contributed by atoms with Crippen LogP contribution in [-0.2, 0) is 40.0 Å². The number of hydrogen-bond donors (Lipinski definition) is 4. The molecule has 0 aromatic heterocycles. The third-order valence-corrected chi connectivity index (χ3v) is 12.6. The Morgan fingerprint density at radius 3 is 2.19 bits per heavy atom. The summed E-state index contributed by atoms with van der Waals surface area (Å²) in [5, 5.41) is 11.5. The molecule has 4 N–H and O–H groups in total. The van der Waals surface area contributed by atoms with E-state index in [1.807, 2.05) is 34.6 Å². The van der Waals surface area contributed by atoms with E-state index in [1.54, 1.807) is 32.0 Å². The van der Waals surface area contributed by atoms with Gasteiger partial charge >= 0.3 is 6.18 Å². The minimum Gasteiger partial charge on any atom is -0.354 e. The van der Waals surface area contributed by atoms with Gasteiger partial charge in [0.25, 0.3) is 0 Å².